The summed E-state index contributed by atoms with van der Waals surface area (Å²) in [6, 6.07) is 16.8. The van der Waals surface area contributed by atoms with Crippen LogP contribution in [0.5, 0.6) is 5.75 Å². The molecule has 0 saturated carbocycles. The Labute approximate surface area is 130 Å². The van der Waals surface area contributed by atoms with Gasteiger partial charge >= 0.3 is 0 Å². The predicted octanol–water partition coefficient (Wildman–Crippen LogP) is 2.95. The zero-order valence-electron chi connectivity index (χ0n) is 12.7. The smallest absolute Gasteiger partial charge is 0.261 e. The SMILES string of the molecule is Cc1cccc(OC(C)C(=O)NCc2cccc(C#N)c2)c1. The number of carbonyl (C=O) groups excluding carboxylic acids is 1. The largest absolute Gasteiger partial charge is 0.481 e. The van der Waals surface area contributed by atoms with Crippen molar-refractivity contribution in [2.45, 2.75) is 26.5 Å². The number of aryl methyl sites for hydroxylation is 1. The topological polar surface area (TPSA) is 62.1 Å². The van der Waals surface area contributed by atoms with Gasteiger partial charge in [0, 0.05) is 6.54 Å². The molecule has 2 aromatic carbocycles. The van der Waals surface area contributed by atoms with Gasteiger partial charge in [0.05, 0.1) is 11.6 Å². The molecule has 0 aliphatic rings. The van der Waals surface area contributed by atoms with Crippen LogP contribution in [0.2, 0.25) is 0 Å². The molecule has 112 valence electrons. The third kappa shape index (κ3) is 4.35. The van der Waals surface area contributed by atoms with E-state index in [2.05, 4.69) is 11.4 Å². The number of rotatable bonds is 5. The Morgan fingerprint density at radius 2 is 2.05 bits per heavy atom. The van der Waals surface area contributed by atoms with Crippen LogP contribution in [0.4, 0.5) is 0 Å². The van der Waals surface area contributed by atoms with Crippen molar-refractivity contribution in [1.82, 2.24) is 5.32 Å². The Morgan fingerprint density at radius 3 is 2.77 bits per heavy atom. The molecular weight excluding hydrogens is 276 g/mol. The number of nitrogens with zero attached hydrogens (tertiary/aromatic N) is 1. The molecule has 0 saturated heterocycles. The van der Waals surface area contributed by atoms with Gasteiger partial charge in [0.25, 0.3) is 5.91 Å². The predicted molar refractivity (Wildman–Crippen MR) is 84.3 cm³/mol. The van der Waals surface area contributed by atoms with Gasteiger partial charge in [-0.05, 0) is 49.2 Å². The van der Waals surface area contributed by atoms with Crippen LogP contribution in [0.3, 0.4) is 0 Å². The van der Waals surface area contributed by atoms with Crippen molar-refractivity contribution >= 4 is 5.91 Å². The molecule has 1 unspecified atom stereocenters. The summed E-state index contributed by atoms with van der Waals surface area (Å²) in [6.45, 7) is 4.05. The van der Waals surface area contributed by atoms with E-state index >= 15 is 0 Å². The summed E-state index contributed by atoms with van der Waals surface area (Å²) in [5.41, 5.74) is 2.55. The van der Waals surface area contributed by atoms with E-state index in [1.807, 2.05) is 37.3 Å². The molecule has 2 aromatic rings. The Morgan fingerprint density at radius 1 is 1.27 bits per heavy atom. The second kappa shape index (κ2) is 7.28. The fourth-order valence-corrected chi connectivity index (χ4v) is 2.03. The minimum atomic E-state index is -0.582. The number of hydrogen-bond acceptors (Lipinski definition) is 3. The van der Waals surface area contributed by atoms with Gasteiger partial charge in [0.2, 0.25) is 0 Å². The highest BCUT2D eigenvalue weighted by Gasteiger charge is 2.14. The Kier molecular flexibility index (Phi) is 5.16. The van der Waals surface area contributed by atoms with E-state index in [1.54, 1.807) is 25.1 Å². The van der Waals surface area contributed by atoms with Gasteiger partial charge in [-0.3, -0.25) is 4.79 Å². The zero-order valence-corrected chi connectivity index (χ0v) is 12.7. The summed E-state index contributed by atoms with van der Waals surface area (Å²) < 4.78 is 5.63. The summed E-state index contributed by atoms with van der Waals surface area (Å²) in [5.74, 6) is 0.484. The first kappa shape index (κ1) is 15.6. The molecule has 0 aliphatic heterocycles. The van der Waals surface area contributed by atoms with Crippen molar-refractivity contribution in [3.05, 3.63) is 65.2 Å². The minimum Gasteiger partial charge on any atom is -0.481 e. The lowest BCUT2D eigenvalue weighted by Gasteiger charge is -2.15. The second-order valence-electron chi connectivity index (χ2n) is 5.11. The van der Waals surface area contributed by atoms with Gasteiger partial charge in [-0.2, -0.15) is 5.26 Å². The van der Waals surface area contributed by atoms with Crippen molar-refractivity contribution in [3.63, 3.8) is 0 Å². The highest BCUT2D eigenvalue weighted by Crippen LogP contribution is 2.14. The number of amides is 1. The molecule has 4 nitrogen and oxygen atoms in total. The standard InChI is InChI=1S/C18H18N2O2/c1-13-5-3-8-17(9-13)22-14(2)18(21)20-12-16-7-4-6-15(10-16)11-19/h3-10,14H,12H2,1-2H3,(H,20,21). The summed E-state index contributed by atoms with van der Waals surface area (Å²) in [7, 11) is 0. The Hall–Kier alpha value is -2.80. The summed E-state index contributed by atoms with van der Waals surface area (Å²) >= 11 is 0. The van der Waals surface area contributed by atoms with Crippen LogP contribution in [0.1, 0.15) is 23.6 Å². The molecule has 22 heavy (non-hydrogen) atoms. The van der Waals surface area contributed by atoms with Gasteiger partial charge in [-0.1, -0.05) is 24.3 Å². The van der Waals surface area contributed by atoms with E-state index in [4.69, 9.17) is 10.00 Å². The average molecular weight is 294 g/mol. The fourth-order valence-electron chi connectivity index (χ4n) is 2.03. The minimum absolute atomic E-state index is 0.191. The number of ether oxygens (including phenoxy) is 1. The lowest BCUT2D eigenvalue weighted by atomic mass is 10.1. The molecule has 0 bridgehead atoms. The number of hydrogen-bond donors (Lipinski definition) is 1. The maximum atomic E-state index is 12.1. The highest BCUT2D eigenvalue weighted by molar-refractivity contribution is 5.80. The Bertz CT molecular complexity index is 704. The average Bonchev–Trinajstić information content (AvgIpc) is 2.52. The maximum Gasteiger partial charge on any atom is 0.261 e. The molecule has 1 amide bonds. The monoisotopic (exact) mass is 294 g/mol. The van der Waals surface area contributed by atoms with Crippen molar-refractivity contribution < 1.29 is 9.53 Å². The molecule has 0 heterocycles. The van der Waals surface area contributed by atoms with E-state index in [0.29, 0.717) is 17.9 Å². The first-order valence-corrected chi connectivity index (χ1v) is 7.08. The van der Waals surface area contributed by atoms with E-state index in [0.717, 1.165) is 11.1 Å². The number of carbonyl (C=O) groups is 1. The third-order valence-corrected chi connectivity index (χ3v) is 3.19. The normalized spacial score (nSPS) is 11.3. The molecule has 0 fully saturated rings. The van der Waals surface area contributed by atoms with Gasteiger partial charge in [0.15, 0.2) is 6.10 Å². The Balaban J connectivity index is 1.90. The maximum absolute atomic E-state index is 12.1. The summed E-state index contributed by atoms with van der Waals surface area (Å²) in [6.07, 6.45) is -0.582. The first-order chi connectivity index (χ1) is 10.6. The van der Waals surface area contributed by atoms with Crippen LogP contribution < -0.4 is 10.1 Å². The molecule has 0 radical (unpaired) electrons. The molecule has 4 heteroatoms. The summed E-state index contributed by atoms with van der Waals surface area (Å²) in [4.78, 5) is 12.1. The van der Waals surface area contributed by atoms with Crippen molar-refractivity contribution in [1.29, 1.82) is 5.26 Å². The second-order valence-corrected chi connectivity index (χ2v) is 5.11. The lowest BCUT2D eigenvalue weighted by molar-refractivity contribution is -0.127. The highest BCUT2D eigenvalue weighted by atomic mass is 16.5. The molecule has 1 N–H and O–H groups in total. The van der Waals surface area contributed by atoms with E-state index < -0.39 is 6.10 Å². The van der Waals surface area contributed by atoms with Crippen molar-refractivity contribution in [3.8, 4) is 11.8 Å². The molecule has 1 atom stereocenters. The third-order valence-electron chi connectivity index (χ3n) is 3.19. The first-order valence-electron chi connectivity index (χ1n) is 7.08. The van der Waals surface area contributed by atoms with E-state index in [1.165, 1.54) is 0 Å². The molecular formula is C18H18N2O2. The van der Waals surface area contributed by atoms with Crippen LogP contribution in [0, 0.1) is 18.3 Å². The lowest BCUT2D eigenvalue weighted by Crippen LogP contribution is -2.35. The fraction of sp³-hybridized carbons (Fsp3) is 0.222. The number of nitriles is 1. The summed E-state index contributed by atoms with van der Waals surface area (Å²) in [5, 5.41) is 11.7. The van der Waals surface area contributed by atoms with Crippen LogP contribution >= 0.6 is 0 Å². The van der Waals surface area contributed by atoms with Gasteiger partial charge in [-0.15, -0.1) is 0 Å². The van der Waals surface area contributed by atoms with Gasteiger partial charge < -0.3 is 10.1 Å². The van der Waals surface area contributed by atoms with Crippen LogP contribution in [0.15, 0.2) is 48.5 Å². The van der Waals surface area contributed by atoms with E-state index in [9.17, 15) is 4.79 Å². The van der Waals surface area contributed by atoms with Gasteiger partial charge in [0.1, 0.15) is 5.75 Å². The van der Waals surface area contributed by atoms with Crippen LogP contribution in [-0.2, 0) is 11.3 Å². The molecule has 2 rings (SSSR count). The number of nitrogens with one attached hydrogen (secondary N) is 1. The molecule has 0 aliphatic carbocycles. The molecule has 0 spiro atoms. The van der Waals surface area contributed by atoms with Crippen molar-refractivity contribution in [2.24, 2.45) is 0 Å². The van der Waals surface area contributed by atoms with Crippen molar-refractivity contribution in [2.75, 3.05) is 0 Å². The zero-order chi connectivity index (χ0) is 15.9. The quantitative estimate of drug-likeness (QED) is 0.922. The van der Waals surface area contributed by atoms with Gasteiger partial charge in [-0.25, -0.2) is 0 Å². The van der Waals surface area contributed by atoms with E-state index in [-0.39, 0.29) is 5.91 Å². The molecule has 0 aromatic heterocycles. The van der Waals surface area contributed by atoms with Crippen LogP contribution in [0.25, 0.3) is 0 Å². The van der Waals surface area contributed by atoms with Crippen LogP contribution in [-0.4, -0.2) is 12.0 Å². The number of benzene rings is 2.